The van der Waals surface area contributed by atoms with Gasteiger partial charge in [0.15, 0.2) is 0 Å². The molecule has 0 aliphatic rings. The average molecular weight is 214 g/mol. The van der Waals surface area contributed by atoms with Gasteiger partial charge in [0.2, 0.25) is 0 Å². The number of nitrogens with zero attached hydrogens (tertiary/aromatic N) is 1. The Morgan fingerprint density at radius 3 is 2.53 bits per heavy atom. The summed E-state index contributed by atoms with van der Waals surface area (Å²) in [6, 6.07) is 5.10. The molecule has 0 unspecified atom stereocenters. The molecule has 0 heterocycles. The summed E-state index contributed by atoms with van der Waals surface area (Å²) in [4.78, 5) is 0. The summed E-state index contributed by atoms with van der Waals surface area (Å²) in [7, 11) is 1.68. The maximum atomic E-state index is 12.4. The lowest BCUT2D eigenvalue weighted by Crippen LogP contribution is -2.10. The van der Waals surface area contributed by atoms with Crippen LogP contribution in [0.5, 0.6) is 0 Å². The summed E-state index contributed by atoms with van der Waals surface area (Å²) in [6.45, 7) is 0.437. The SMILES string of the molecule is CNCc1ccc(C(F)(F)F)c(C#N)c1. The van der Waals surface area contributed by atoms with Crippen LogP contribution in [0.3, 0.4) is 0 Å². The van der Waals surface area contributed by atoms with Gasteiger partial charge in [-0.25, -0.2) is 0 Å². The molecule has 0 radical (unpaired) electrons. The molecule has 0 amide bonds. The van der Waals surface area contributed by atoms with Gasteiger partial charge in [-0.1, -0.05) is 6.07 Å². The topological polar surface area (TPSA) is 35.8 Å². The van der Waals surface area contributed by atoms with E-state index in [2.05, 4.69) is 5.32 Å². The third-order valence-corrected chi connectivity index (χ3v) is 1.89. The third kappa shape index (κ3) is 2.70. The summed E-state index contributed by atoms with van der Waals surface area (Å²) in [6.07, 6.45) is -4.47. The standard InChI is InChI=1S/C10H9F3N2/c1-15-6-7-2-3-9(10(11,12)13)8(4-7)5-14/h2-4,15H,6H2,1H3. The monoisotopic (exact) mass is 214 g/mol. The number of hydrogen-bond donors (Lipinski definition) is 1. The number of nitriles is 1. The first-order valence-electron chi connectivity index (χ1n) is 4.24. The zero-order valence-electron chi connectivity index (χ0n) is 8.02. The number of hydrogen-bond acceptors (Lipinski definition) is 2. The molecular weight excluding hydrogens is 205 g/mol. The highest BCUT2D eigenvalue weighted by atomic mass is 19.4. The number of nitrogens with one attached hydrogen (secondary N) is 1. The van der Waals surface area contributed by atoms with Crippen LogP contribution in [0.15, 0.2) is 18.2 Å². The van der Waals surface area contributed by atoms with E-state index < -0.39 is 11.7 Å². The number of halogens is 3. The van der Waals surface area contributed by atoms with Crippen LogP contribution in [-0.2, 0) is 12.7 Å². The van der Waals surface area contributed by atoms with Crippen molar-refractivity contribution < 1.29 is 13.2 Å². The first kappa shape index (κ1) is 11.5. The van der Waals surface area contributed by atoms with E-state index in [0.717, 1.165) is 6.07 Å². The summed E-state index contributed by atoms with van der Waals surface area (Å²) in [5.41, 5.74) is -0.567. The van der Waals surface area contributed by atoms with E-state index in [1.54, 1.807) is 13.1 Å². The largest absolute Gasteiger partial charge is 0.417 e. The van der Waals surface area contributed by atoms with Crippen molar-refractivity contribution >= 4 is 0 Å². The molecule has 80 valence electrons. The van der Waals surface area contributed by atoms with E-state index >= 15 is 0 Å². The van der Waals surface area contributed by atoms with Crippen molar-refractivity contribution in [3.63, 3.8) is 0 Å². The molecular formula is C10H9F3N2. The Kier molecular flexibility index (Phi) is 3.32. The van der Waals surface area contributed by atoms with E-state index in [1.807, 2.05) is 0 Å². The van der Waals surface area contributed by atoms with Crippen molar-refractivity contribution in [1.82, 2.24) is 5.32 Å². The minimum atomic E-state index is -4.47. The average Bonchev–Trinajstić information content (AvgIpc) is 2.16. The fourth-order valence-corrected chi connectivity index (χ4v) is 1.25. The van der Waals surface area contributed by atoms with Crippen LogP contribution in [0.2, 0.25) is 0 Å². The molecule has 0 fully saturated rings. The summed E-state index contributed by atoms with van der Waals surface area (Å²) in [5, 5.41) is 11.4. The predicted molar refractivity (Wildman–Crippen MR) is 48.9 cm³/mol. The van der Waals surface area contributed by atoms with Crippen LogP contribution < -0.4 is 5.32 Å². The highest BCUT2D eigenvalue weighted by molar-refractivity contribution is 5.42. The third-order valence-electron chi connectivity index (χ3n) is 1.89. The van der Waals surface area contributed by atoms with Crippen molar-refractivity contribution in [2.45, 2.75) is 12.7 Å². The Balaban J connectivity index is 3.17. The molecule has 0 bridgehead atoms. The number of alkyl halides is 3. The Bertz CT molecular complexity index is 391. The van der Waals surface area contributed by atoms with Crippen LogP contribution >= 0.6 is 0 Å². The van der Waals surface area contributed by atoms with Crippen molar-refractivity contribution in [3.8, 4) is 6.07 Å². The molecule has 5 heteroatoms. The second-order valence-corrected chi connectivity index (χ2v) is 3.02. The van der Waals surface area contributed by atoms with Crippen LogP contribution in [0.1, 0.15) is 16.7 Å². The highest BCUT2D eigenvalue weighted by Crippen LogP contribution is 2.32. The van der Waals surface area contributed by atoms with Crippen LogP contribution in [0.4, 0.5) is 13.2 Å². The maximum Gasteiger partial charge on any atom is 0.417 e. The van der Waals surface area contributed by atoms with Crippen LogP contribution in [-0.4, -0.2) is 7.05 Å². The minimum Gasteiger partial charge on any atom is -0.316 e. The van der Waals surface area contributed by atoms with Crippen molar-refractivity contribution in [1.29, 1.82) is 5.26 Å². The van der Waals surface area contributed by atoms with E-state index in [9.17, 15) is 13.2 Å². The quantitative estimate of drug-likeness (QED) is 0.819. The van der Waals surface area contributed by atoms with Gasteiger partial charge in [0.05, 0.1) is 17.2 Å². The Labute approximate surface area is 85.3 Å². The van der Waals surface area contributed by atoms with Gasteiger partial charge < -0.3 is 5.32 Å². The van der Waals surface area contributed by atoms with Gasteiger partial charge in [-0.2, -0.15) is 18.4 Å². The molecule has 15 heavy (non-hydrogen) atoms. The van der Waals surface area contributed by atoms with Crippen molar-refractivity contribution in [3.05, 3.63) is 34.9 Å². The lowest BCUT2D eigenvalue weighted by molar-refractivity contribution is -0.137. The summed E-state index contributed by atoms with van der Waals surface area (Å²) >= 11 is 0. The van der Waals surface area contributed by atoms with Gasteiger partial charge in [0.1, 0.15) is 0 Å². The Hall–Kier alpha value is -1.54. The fourth-order valence-electron chi connectivity index (χ4n) is 1.25. The minimum absolute atomic E-state index is 0.338. The fraction of sp³-hybridized carbons (Fsp3) is 0.300. The molecule has 0 aliphatic carbocycles. The maximum absolute atomic E-state index is 12.4. The molecule has 0 saturated heterocycles. The summed E-state index contributed by atoms with van der Waals surface area (Å²) in [5.74, 6) is 0. The van der Waals surface area contributed by atoms with Crippen molar-refractivity contribution in [2.24, 2.45) is 0 Å². The first-order valence-corrected chi connectivity index (χ1v) is 4.24. The van der Waals surface area contributed by atoms with E-state index in [-0.39, 0.29) is 5.56 Å². The molecule has 2 nitrogen and oxygen atoms in total. The first-order chi connectivity index (χ1) is 6.99. The molecule has 1 N–H and O–H groups in total. The number of rotatable bonds is 2. The van der Waals surface area contributed by atoms with E-state index in [4.69, 9.17) is 5.26 Å². The Morgan fingerprint density at radius 2 is 2.07 bits per heavy atom. The van der Waals surface area contributed by atoms with Crippen LogP contribution in [0.25, 0.3) is 0 Å². The van der Waals surface area contributed by atoms with Crippen LogP contribution in [0, 0.1) is 11.3 Å². The van der Waals surface area contributed by atoms with Gasteiger partial charge in [-0.15, -0.1) is 0 Å². The smallest absolute Gasteiger partial charge is 0.316 e. The highest BCUT2D eigenvalue weighted by Gasteiger charge is 2.33. The Morgan fingerprint density at radius 1 is 1.40 bits per heavy atom. The van der Waals surface area contributed by atoms with Gasteiger partial charge in [-0.05, 0) is 24.7 Å². The molecule has 0 atom stereocenters. The second-order valence-electron chi connectivity index (χ2n) is 3.02. The molecule has 1 aromatic carbocycles. The van der Waals surface area contributed by atoms with Gasteiger partial charge >= 0.3 is 6.18 Å². The normalized spacial score (nSPS) is 11.1. The predicted octanol–water partition coefficient (Wildman–Crippen LogP) is 2.30. The van der Waals surface area contributed by atoms with Gasteiger partial charge in [-0.3, -0.25) is 0 Å². The zero-order valence-corrected chi connectivity index (χ0v) is 8.02. The number of benzene rings is 1. The zero-order chi connectivity index (χ0) is 11.5. The van der Waals surface area contributed by atoms with E-state index in [0.29, 0.717) is 12.1 Å². The molecule has 0 aromatic heterocycles. The summed E-state index contributed by atoms with van der Waals surface area (Å²) < 4.78 is 37.2. The molecule has 0 spiro atoms. The lowest BCUT2D eigenvalue weighted by Gasteiger charge is -2.09. The molecule has 1 aromatic rings. The molecule has 0 saturated carbocycles. The van der Waals surface area contributed by atoms with Gasteiger partial charge in [0, 0.05) is 6.54 Å². The van der Waals surface area contributed by atoms with E-state index in [1.165, 1.54) is 12.1 Å². The second kappa shape index (κ2) is 4.32. The lowest BCUT2D eigenvalue weighted by atomic mass is 10.0. The molecule has 0 aliphatic heterocycles. The van der Waals surface area contributed by atoms with Gasteiger partial charge in [0.25, 0.3) is 0 Å². The van der Waals surface area contributed by atoms with Crippen molar-refractivity contribution in [2.75, 3.05) is 7.05 Å². The molecule has 1 rings (SSSR count).